The van der Waals surface area contributed by atoms with Gasteiger partial charge in [0.1, 0.15) is 11.2 Å². The molecule has 1 aliphatic carbocycles. The van der Waals surface area contributed by atoms with E-state index in [2.05, 4.69) is 20.9 Å². The number of likely N-dealkylation sites (tertiary alicyclic amines) is 1. The summed E-state index contributed by atoms with van der Waals surface area (Å²) in [6, 6.07) is 3.76. The first-order chi connectivity index (χ1) is 10.7. The Morgan fingerprint density at radius 2 is 2.17 bits per heavy atom. The number of aliphatic hydroxyl groups is 1. The van der Waals surface area contributed by atoms with Crippen LogP contribution in [0.25, 0.3) is 0 Å². The number of pyridine rings is 1. The first-order valence-corrected chi connectivity index (χ1v) is 8.81. The van der Waals surface area contributed by atoms with Gasteiger partial charge >= 0.3 is 6.09 Å². The quantitative estimate of drug-likeness (QED) is 0.808. The number of aromatic nitrogens is 1. The molecular weight excluding hydrogens is 360 g/mol. The van der Waals surface area contributed by atoms with E-state index >= 15 is 0 Å². The second-order valence-corrected chi connectivity index (χ2v) is 8.49. The molecule has 0 radical (unpaired) electrons. The second kappa shape index (κ2) is 5.74. The predicted molar refractivity (Wildman–Crippen MR) is 89.9 cm³/mol. The van der Waals surface area contributed by atoms with Gasteiger partial charge in [0, 0.05) is 29.7 Å². The molecule has 2 aliphatic rings. The number of hydrogen-bond donors (Lipinski definition) is 1. The Morgan fingerprint density at radius 3 is 2.78 bits per heavy atom. The van der Waals surface area contributed by atoms with Crippen LogP contribution in [0.1, 0.15) is 39.3 Å². The van der Waals surface area contributed by atoms with Crippen LogP contribution in [0, 0.1) is 11.8 Å². The van der Waals surface area contributed by atoms with Gasteiger partial charge in [-0.05, 0) is 67.6 Å². The van der Waals surface area contributed by atoms with Gasteiger partial charge in [0.25, 0.3) is 0 Å². The van der Waals surface area contributed by atoms with Crippen LogP contribution in [0.3, 0.4) is 0 Å². The number of carbonyl (C=O) groups excluding carboxylic acids is 1. The van der Waals surface area contributed by atoms with E-state index in [9.17, 15) is 9.90 Å². The minimum Gasteiger partial charge on any atom is -0.444 e. The lowest BCUT2D eigenvalue weighted by Gasteiger charge is -2.30. The Hall–Kier alpha value is -1.14. The van der Waals surface area contributed by atoms with Crippen LogP contribution in [0.4, 0.5) is 4.79 Å². The summed E-state index contributed by atoms with van der Waals surface area (Å²) >= 11 is 3.37. The maximum atomic E-state index is 12.3. The molecule has 1 aliphatic heterocycles. The molecule has 1 aromatic rings. The number of hydrogen-bond acceptors (Lipinski definition) is 4. The lowest BCUT2D eigenvalue weighted by molar-refractivity contribution is -0.0136. The zero-order valence-corrected chi connectivity index (χ0v) is 15.3. The van der Waals surface area contributed by atoms with Crippen molar-refractivity contribution in [2.75, 3.05) is 13.1 Å². The van der Waals surface area contributed by atoms with E-state index in [0.29, 0.717) is 31.1 Å². The normalized spacial score (nSPS) is 30.4. The van der Waals surface area contributed by atoms with Crippen molar-refractivity contribution in [3.05, 3.63) is 28.5 Å². The lowest BCUT2D eigenvalue weighted by Crippen LogP contribution is -2.39. The van der Waals surface area contributed by atoms with Gasteiger partial charge in [0.15, 0.2) is 0 Å². The number of halogens is 1. The van der Waals surface area contributed by atoms with Crippen molar-refractivity contribution in [2.24, 2.45) is 11.8 Å². The first-order valence-electron chi connectivity index (χ1n) is 8.01. The molecule has 2 fully saturated rings. The van der Waals surface area contributed by atoms with Gasteiger partial charge in [0.05, 0.1) is 5.69 Å². The fraction of sp³-hybridized carbons (Fsp3) is 0.647. The average molecular weight is 383 g/mol. The molecule has 1 saturated carbocycles. The van der Waals surface area contributed by atoms with Crippen LogP contribution in [0.5, 0.6) is 0 Å². The predicted octanol–water partition coefficient (Wildman–Crippen LogP) is 3.31. The highest BCUT2D eigenvalue weighted by Crippen LogP contribution is 2.50. The summed E-state index contributed by atoms with van der Waals surface area (Å²) < 4.78 is 6.35. The van der Waals surface area contributed by atoms with Crippen molar-refractivity contribution in [1.29, 1.82) is 0 Å². The third-order valence-corrected chi connectivity index (χ3v) is 5.24. The number of nitrogens with zero attached hydrogens (tertiary/aromatic N) is 2. The molecule has 0 spiro atoms. The third kappa shape index (κ3) is 3.24. The van der Waals surface area contributed by atoms with Crippen molar-refractivity contribution >= 4 is 22.0 Å². The molecule has 1 N–H and O–H groups in total. The standard InChI is InChI=1S/C17H23BrN2O3/c1-16(2,3)23-15(21)20-9-11-6-7-17(22,13(11)10-20)14-5-4-12(18)8-19-14/h4-5,8,11,13,22H,6-7,9-10H2,1-3H3. The van der Waals surface area contributed by atoms with E-state index in [1.165, 1.54) is 0 Å². The smallest absolute Gasteiger partial charge is 0.410 e. The molecular formula is C17H23BrN2O3. The zero-order chi connectivity index (χ0) is 16.8. The maximum Gasteiger partial charge on any atom is 0.410 e. The molecule has 0 bridgehead atoms. The van der Waals surface area contributed by atoms with Gasteiger partial charge in [-0.1, -0.05) is 0 Å². The Bertz CT molecular complexity index is 599. The molecule has 1 amide bonds. The number of rotatable bonds is 1. The van der Waals surface area contributed by atoms with Gasteiger partial charge < -0.3 is 14.7 Å². The summed E-state index contributed by atoms with van der Waals surface area (Å²) in [4.78, 5) is 18.4. The van der Waals surface area contributed by atoms with E-state index in [4.69, 9.17) is 4.74 Å². The van der Waals surface area contributed by atoms with Crippen LogP contribution in [-0.4, -0.2) is 39.8 Å². The van der Waals surface area contributed by atoms with E-state index in [0.717, 1.165) is 10.9 Å². The summed E-state index contributed by atoms with van der Waals surface area (Å²) in [6.07, 6.45) is 3.01. The number of amides is 1. The van der Waals surface area contributed by atoms with Crippen LogP contribution >= 0.6 is 15.9 Å². The number of fused-ring (bicyclic) bond motifs is 1. The maximum absolute atomic E-state index is 12.3. The van der Waals surface area contributed by atoms with Crippen molar-refractivity contribution in [1.82, 2.24) is 9.88 Å². The van der Waals surface area contributed by atoms with Crippen molar-refractivity contribution in [2.45, 2.75) is 44.8 Å². The fourth-order valence-electron chi connectivity index (χ4n) is 3.72. The summed E-state index contributed by atoms with van der Waals surface area (Å²) in [6.45, 7) is 6.77. The van der Waals surface area contributed by atoms with E-state index in [1.807, 2.05) is 32.9 Å². The van der Waals surface area contributed by atoms with Crippen molar-refractivity contribution in [3.8, 4) is 0 Å². The first kappa shape index (κ1) is 16.7. The van der Waals surface area contributed by atoms with Gasteiger partial charge in [-0.25, -0.2) is 4.79 Å². The highest BCUT2D eigenvalue weighted by Gasteiger charge is 2.54. The SMILES string of the molecule is CC(C)(C)OC(=O)N1CC2CCC(O)(c3ccc(Br)cn3)C2C1. The highest BCUT2D eigenvalue weighted by atomic mass is 79.9. The van der Waals surface area contributed by atoms with Gasteiger partial charge in [0.2, 0.25) is 0 Å². The summed E-state index contributed by atoms with van der Waals surface area (Å²) in [5.74, 6) is 0.321. The molecule has 5 nitrogen and oxygen atoms in total. The molecule has 23 heavy (non-hydrogen) atoms. The summed E-state index contributed by atoms with van der Waals surface area (Å²) in [5, 5.41) is 11.2. The summed E-state index contributed by atoms with van der Waals surface area (Å²) in [7, 11) is 0. The van der Waals surface area contributed by atoms with Crippen LogP contribution in [0.2, 0.25) is 0 Å². The molecule has 126 valence electrons. The van der Waals surface area contributed by atoms with Crippen LogP contribution in [0.15, 0.2) is 22.8 Å². The van der Waals surface area contributed by atoms with E-state index < -0.39 is 11.2 Å². The molecule has 0 aromatic carbocycles. The van der Waals surface area contributed by atoms with E-state index in [1.54, 1.807) is 11.1 Å². The van der Waals surface area contributed by atoms with E-state index in [-0.39, 0.29) is 12.0 Å². The van der Waals surface area contributed by atoms with Gasteiger partial charge in [-0.3, -0.25) is 4.98 Å². The number of ether oxygens (including phenoxy) is 1. The Balaban J connectivity index is 1.76. The zero-order valence-electron chi connectivity index (χ0n) is 13.8. The summed E-state index contributed by atoms with van der Waals surface area (Å²) in [5.41, 5.74) is -0.764. The largest absolute Gasteiger partial charge is 0.444 e. The molecule has 1 saturated heterocycles. The monoisotopic (exact) mass is 382 g/mol. The molecule has 3 atom stereocenters. The Kier molecular flexibility index (Phi) is 4.17. The van der Waals surface area contributed by atoms with Crippen molar-refractivity contribution in [3.63, 3.8) is 0 Å². The molecule has 3 rings (SSSR count). The Morgan fingerprint density at radius 1 is 1.43 bits per heavy atom. The lowest BCUT2D eigenvalue weighted by atomic mass is 9.85. The minimum atomic E-state index is -0.956. The van der Waals surface area contributed by atoms with Gasteiger partial charge in [-0.15, -0.1) is 0 Å². The van der Waals surface area contributed by atoms with Gasteiger partial charge in [-0.2, -0.15) is 0 Å². The van der Waals surface area contributed by atoms with Crippen LogP contribution < -0.4 is 0 Å². The minimum absolute atomic E-state index is 0.0173. The third-order valence-electron chi connectivity index (χ3n) is 4.77. The Labute approximate surface area is 145 Å². The molecule has 1 aromatic heterocycles. The second-order valence-electron chi connectivity index (χ2n) is 7.58. The molecule has 2 heterocycles. The molecule has 6 heteroatoms. The molecule has 3 unspecified atom stereocenters. The average Bonchev–Trinajstić information content (AvgIpc) is 3.00. The van der Waals surface area contributed by atoms with Crippen molar-refractivity contribution < 1.29 is 14.6 Å². The van der Waals surface area contributed by atoms with Crippen LogP contribution in [-0.2, 0) is 10.3 Å². The highest BCUT2D eigenvalue weighted by molar-refractivity contribution is 9.10. The fourth-order valence-corrected chi connectivity index (χ4v) is 3.96. The topological polar surface area (TPSA) is 62.7 Å². The number of carbonyl (C=O) groups is 1.